The molecule has 0 radical (unpaired) electrons. The summed E-state index contributed by atoms with van der Waals surface area (Å²) in [5, 5.41) is 6.13. The molecule has 4 nitrogen and oxygen atoms in total. The largest absolute Gasteiger partial charge is 0.492 e. The molecule has 0 spiro atoms. The molecule has 2 N–H and O–H groups in total. The molecule has 0 heterocycles. The summed E-state index contributed by atoms with van der Waals surface area (Å²) in [6, 6.07) is 4.06. The van der Waals surface area contributed by atoms with E-state index in [1.807, 2.05) is 26.0 Å². The molecule has 0 bridgehead atoms. The molecular formula is C15H22Br2N2O2. The third kappa shape index (κ3) is 6.80. The number of ether oxygens (including phenoxy) is 1. The normalized spacial score (nSPS) is 10.5. The average molecular weight is 422 g/mol. The Morgan fingerprint density at radius 1 is 1.19 bits per heavy atom. The standard InChI is InChI=1S/C15H22Br2N2O2/c1-3-6-19-14(20)5-7-18-10-11-8-12(16)15(21-4-2)13(17)9-11/h8-9,18H,3-7,10H2,1-2H3,(H,19,20). The van der Waals surface area contributed by atoms with Gasteiger partial charge in [0.2, 0.25) is 5.91 Å². The highest BCUT2D eigenvalue weighted by molar-refractivity contribution is 9.11. The summed E-state index contributed by atoms with van der Waals surface area (Å²) in [6.07, 6.45) is 1.47. The van der Waals surface area contributed by atoms with E-state index >= 15 is 0 Å². The van der Waals surface area contributed by atoms with E-state index in [0.29, 0.717) is 26.1 Å². The van der Waals surface area contributed by atoms with Crippen molar-refractivity contribution in [3.8, 4) is 5.75 Å². The van der Waals surface area contributed by atoms with Crippen molar-refractivity contribution in [2.75, 3.05) is 19.7 Å². The zero-order chi connectivity index (χ0) is 15.7. The van der Waals surface area contributed by atoms with Crippen LogP contribution in [-0.4, -0.2) is 25.6 Å². The minimum absolute atomic E-state index is 0.0957. The van der Waals surface area contributed by atoms with E-state index in [9.17, 15) is 4.79 Å². The molecule has 21 heavy (non-hydrogen) atoms. The Balaban J connectivity index is 2.41. The van der Waals surface area contributed by atoms with Crippen molar-refractivity contribution in [3.63, 3.8) is 0 Å². The van der Waals surface area contributed by atoms with Crippen molar-refractivity contribution < 1.29 is 9.53 Å². The summed E-state index contributed by atoms with van der Waals surface area (Å²) in [7, 11) is 0. The molecule has 0 fully saturated rings. The van der Waals surface area contributed by atoms with Gasteiger partial charge in [-0.05, 0) is 62.9 Å². The van der Waals surface area contributed by atoms with Gasteiger partial charge in [-0.25, -0.2) is 0 Å². The zero-order valence-corrected chi connectivity index (χ0v) is 15.6. The quantitative estimate of drug-likeness (QED) is 0.598. The van der Waals surface area contributed by atoms with Crippen LogP contribution in [0.4, 0.5) is 0 Å². The van der Waals surface area contributed by atoms with Crippen LogP contribution < -0.4 is 15.4 Å². The van der Waals surface area contributed by atoms with Crippen molar-refractivity contribution >= 4 is 37.8 Å². The summed E-state index contributed by atoms with van der Waals surface area (Å²) < 4.78 is 7.40. The molecule has 6 heteroatoms. The Bertz CT molecular complexity index is 444. The maximum absolute atomic E-state index is 11.5. The van der Waals surface area contributed by atoms with Gasteiger partial charge in [0.05, 0.1) is 15.6 Å². The van der Waals surface area contributed by atoms with Gasteiger partial charge >= 0.3 is 0 Å². The van der Waals surface area contributed by atoms with Gasteiger partial charge in [0.1, 0.15) is 5.75 Å². The van der Waals surface area contributed by atoms with Gasteiger partial charge in [-0.3, -0.25) is 4.79 Å². The first-order valence-electron chi connectivity index (χ1n) is 7.16. The van der Waals surface area contributed by atoms with E-state index in [0.717, 1.165) is 33.2 Å². The second-order valence-electron chi connectivity index (χ2n) is 4.60. The number of amides is 1. The predicted molar refractivity (Wildman–Crippen MR) is 92.6 cm³/mol. The van der Waals surface area contributed by atoms with Gasteiger partial charge in [0.15, 0.2) is 0 Å². The lowest BCUT2D eigenvalue weighted by Crippen LogP contribution is -2.28. The van der Waals surface area contributed by atoms with E-state index in [2.05, 4.69) is 42.5 Å². The van der Waals surface area contributed by atoms with Gasteiger partial charge < -0.3 is 15.4 Å². The van der Waals surface area contributed by atoms with Crippen LogP contribution in [0.5, 0.6) is 5.75 Å². The first kappa shape index (κ1) is 18.5. The number of carbonyl (C=O) groups excluding carboxylic acids is 1. The van der Waals surface area contributed by atoms with Crippen LogP contribution in [0, 0.1) is 0 Å². The Morgan fingerprint density at radius 3 is 2.43 bits per heavy atom. The van der Waals surface area contributed by atoms with Crippen LogP contribution in [-0.2, 0) is 11.3 Å². The topological polar surface area (TPSA) is 50.4 Å². The number of rotatable bonds is 9. The Labute approximate surface area is 143 Å². The maximum Gasteiger partial charge on any atom is 0.221 e. The lowest BCUT2D eigenvalue weighted by Gasteiger charge is -2.11. The van der Waals surface area contributed by atoms with Crippen molar-refractivity contribution in [1.82, 2.24) is 10.6 Å². The van der Waals surface area contributed by atoms with Gasteiger partial charge in [-0.15, -0.1) is 0 Å². The molecule has 0 saturated carbocycles. The fourth-order valence-corrected chi connectivity index (χ4v) is 3.29. The minimum atomic E-state index is 0.0957. The predicted octanol–water partition coefficient (Wildman–Crippen LogP) is 3.62. The third-order valence-corrected chi connectivity index (χ3v) is 3.95. The molecule has 1 aromatic carbocycles. The number of carbonyl (C=O) groups is 1. The number of hydrogen-bond acceptors (Lipinski definition) is 3. The average Bonchev–Trinajstić information content (AvgIpc) is 2.45. The molecule has 0 aromatic heterocycles. The fraction of sp³-hybridized carbons (Fsp3) is 0.533. The second kappa shape index (κ2) is 10.2. The molecule has 0 aliphatic carbocycles. The van der Waals surface area contributed by atoms with Crippen molar-refractivity contribution in [2.24, 2.45) is 0 Å². The van der Waals surface area contributed by atoms with Crippen LogP contribution >= 0.6 is 31.9 Å². The molecule has 0 saturated heterocycles. The summed E-state index contributed by atoms with van der Waals surface area (Å²) in [5.41, 5.74) is 1.13. The van der Waals surface area contributed by atoms with Crippen LogP contribution in [0.25, 0.3) is 0 Å². The first-order chi connectivity index (χ1) is 10.1. The molecule has 0 atom stereocenters. The zero-order valence-electron chi connectivity index (χ0n) is 12.5. The van der Waals surface area contributed by atoms with Gasteiger partial charge in [-0.2, -0.15) is 0 Å². The van der Waals surface area contributed by atoms with Crippen molar-refractivity contribution in [2.45, 2.75) is 33.2 Å². The SMILES string of the molecule is CCCNC(=O)CCNCc1cc(Br)c(OCC)c(Br)c1. The van der Waals surface area contributed by atoms with E-state index in [-0.39, 0.29) is 5.91 Å². The number of benzene rings is 1. The van der Waals surface area contributed by atoms with Gasteiger partial charge in [-0.1, -0.05) is 6.92 Å². The Hall–Kier alpha value is -0.590. The van der Waals surface area contributed by atoms with E-state index in [4.69, 9.17) is 4.74 Å². The van der Waals surface area contributed by atoms with Crippen LogP contribution in [0.15, 0.2) is 21.1 Å². The highest BCUT2D eigenvalue weighted by Gasteiger charge is 2.08. The number of halogens is 2. The lowest BCUT2D eigenvalue weighted by atomic mass is 10.2. The fourth-order valence-electron chi connectivity index (χ4n) is 1.78. The number of nitrogens with one attached hydrogen (secondary N) is 2. The summed E-state index contributed by atoms with van der Waals surface area (Å²) in [5.74, 6) is 0.915. The minimum Gasteiger partial charge on any atom is -0.492 e. The van der Waals surface area contributed by atoms with Crippen molar-refractivity contribution in [1.29, 1.82) is 0 Å². The molecule has 0 aliphatic rings. The highest BCUT2D eigenvalue weighted by Crippen LogP contribution is 2.34. The van der Waals surface area contributed by atoms with Crippen LogP contribution in [0.2, 0.25) is 0 Å². The van der Waals surface area contributed by atoms with E-state index in [1.165, 1.54) is 0 Å². The summed E-state index contributed by atoms with van der Waals surface area (Å²) in [4.78, 5) is 11.5. The highest BCUT2D eigenvalue weighted by atomic mass is 79.9. The van der Waals surface area contributed by atoms with Crippen LogP contribution in [0.1, 0.15) is 32.3 Å². The Kier molecular flexibility index (Phi) is 8.96. The molecule has 1 rings (SSSR count). The molecule has 118 valence electrons. The first-order valence-corrected chi connectivity index (χ1v) is 8.75. The maximum atomic E-state index is 11.5. The van der Waals surface area contributed by atoms with Gasteiger partial charge in [0, 0.05) is 26.1 Å². The second-order valence-corrected chi connectivity index (χ2v) is 6.31. The van der Waals surface area contributed by atoms with Crippen molar-refractivity contribution in [3.05, 3.63) is 26.6 Å². The third-order valence-electron chi connectivity index (χ3n) is 2.78. The molecule has 1 amide bonds. The summed E-state index contributed by atoms with van der Waals surface area (Å²) >= 11 is 7.03. The Morgan fingerprint density at radius 2 is 1.86 bits per heavy atom. The molecule has 1 aromatic rings. The van der Waals surface area contributed by atoms with Gasteiger partial charge in [0.25, 0.3) is 0 Å². The smallest absolute Gasteiger partial charge is 0.221 e. The van der Waals surface area contributed by atoms with E-state index in [1.54, 1.807) is 0 Å². The molecule has 0 unspecified atom stereocenters. The monoisotopic (exact) mass is 420 g/mol. The molecular weight excluding hydrogens is 400 g/mol. The van der Waals surface area contributed by atoms with E-state index < -0.39 is 0 Å². The lowest BCUT2D eigenvalue weighted by molar-refractivity contribution is -0.120. The number of hydrogen-bond donors (Lipinski definition) is 2. The van der Waals surface area contributed by atoms with Crippen LogP contribution in [0.3, 0.4) is 0 Å². The summed E-state index contributed by atoms with van der Waals surface area (Å²) in [6.45, 7) is 6.75. The molecule has 0 aliphatic heterocycles.